The molecule has 2 rings (SSSR count). The molecule has 0 amide bonds. The number of imidazole rings is 1. The average molecular weight is 308 g/mol. The second kappa shape index (κ2) is 5.67. The second-order valence-electron chi connectivity index (χ2n) is 4.46. The van der Waals surface area contributed by atoms with Gasteiger partial charge in [0.05, 0.1) is 5.69 Å². The van der Waals surface area contributed by atoms with Gasteiger partial charge in [-0.05, 0) is 31.2 Å². The van der Waals surface area contributed by atoms with Crippen LogP contribution in [0.1, 0.15) is 22.8 Å². The number of aryl methyl sites for hydroxylation is 1. The van der Waals surface area contributed by atoms with E-state index < -0.39 is 0 Å². The summed E-state index contributed by atoms with van der Waals surface area (Å²) in [6, 6.07) is 8.39. The molecule has 0 radical (unpaired) electrons. The molecule has 0 bridgehead atoms. The minimum absolute atomic E-state index is 0.640. The minimum Gasteiger partial charge on any atom is -0.334 e. The van der Waals surface area contributed by atoms with Gasteiger partial charge in [-0.25, -0.2) is 4.98 Å². The van der Waals surface area contributed by atoms with E-state index in [1.165, 1.54) is 11.3 Å². The predicted octanol–water partition coefficient (Wildman–Crippen LogP) is 2.58. The SMILES string of the molecule is Cc1nc(CCN)n(C)c1Cc1cccc(Br)c1. The summed E-state index contributed by atoms with van der Waals surface area (Å²) in [4.78, 5) is 4.59. The summed E-state index contributed by atoms with van der Waals surface area (Å²) in [7, 11) is 2.07. The van der Waals surface area contributed by atoms with Gasteiger partial charge >= 0.3 is 0 Å². The van der Waals surface area contributed by atoms with Crippen LogP contribution in [0.25, 0.3) is 0 Å². The molecule has 4 heteroatoms. The number of nitrogens with two attached hydrogens (primary N) is 1. The van der Waals surface area contributed by atoms with E-state index >= 15 is 0 Å². The number of hydrogen-bond donors (Lipinski definition) is 1. The highest BCUT2D eigenvalue weighted by Crippen LogP contribution is 2.18. The van der Waals surface area contributed by atoms with Crippen molar-refractivity contribution in [2.24, 2.45) is 12.8 Å². The Hall–Kier alpha value is -1.13. The van der Waals surface area contributed by atoms with Crippen LogP contribution in [0.3, 0.4) is 0 Å². The third-order valence-electron chi connectivity index (χ3n) is 3.13. The van der Waals surface area contributed by atoms with Crippen molar-refractivity contribution in [1.82, 2.24) is 9.55 Å². The standard InChI is InChI=1S/C14H18BrN3/c1-10-13(18(2)14(17-10)6-7-16)9-11-4-3-5-12(15)8-11/h3-5,8H,6-7,9,16H2,1-2H3. The van der Waals surface area contributed by atoms with E-state index in [0.29, 0.717) is 6.54 Å². The summed E-state index contributed by atoms with van der Waals surface area (Å²) in [5.74, 6) is 1.07. The van der Waals surface area contributed by atoms with Crippen LogP contribution in [0.15, 0.2) is 28.7 Å². The Bertz CT molecular complexity index is 546. The third-order valence-corrected chi connectivity index (χ3v) is 3.63. The molecule has 0 saturated heterocycles. The Labute approximate surface area is 116 Å². The first kappa shape index (κ1) is 13.3. The van der Waals surface area contributed by atoms with Crippen LogP contribution in [0, 0.1) is 6.92 Å². The van der Waals surface area contributed by atoms with E-state index in [1.807, 2.05) is 6.07 Å². The summed E-state index contributed by atoms with van der Waals surface area (Å²) in [6.07, 6.45) is 1.73. The molecule has 18 heavy (non-hydrogen) atoms. The Balaban J connectivity index is 2.29. The van der Waals surface area contributed by atoms with Crippen molar-refractivity contribution in [2.75, 3.05) is 6.54 Å². The first-order chi connectivity index (χ1) is 8.61. The topological polar surface area (TPSA) is 43.8 Å². The number of benzene rings is 1. The third kappa shape index (κ3) is 2.82. The molecule has 3 nitrogen and oxygen atoms in total. The van der Waals surface area contributed by atoms with Crippen molar-refractivity contribution in [3.63, 3.8) is 0 Å². The zero-order valence-electron chi connectivity index (χ0n) is 10.8. The molecular formula is C14H18BrN3. The molecule has 0 spiro atoms. The maximum absolute atomic E-state index is 5.60. The van der Waals surface area contributed by atoms with Crippen LogP contribution in [0.4, 0.5) is 0 Å². The normalized spacial score (nSPS) is 10.9. The fourth-order valence-electron chi connectivity index (χ4n) is 2.17. The van der Waals surface area contributed by atoms with Crippen molar-refractivity contribution in [3.8, 4) is 0 Å². The van der Waals surface area contributed by atoms with Gasteiger partial charge in [0, 0.05) is 30.1 Å². The number of nitrogens with zero attached hydrogens (tertiary/aromatic N) is 2. The van der Waals surface area contributed by atoms with Gasteiger partial charge in [-0.2, -0.15) is 0 Å². The number of rotatable bonds is 4. The smallest absolute Gasteiger partial charge is 0.110 e. The van der Waals surface area contributed by atoms with E-state index in [2.05, 4.69) is 57.7 Å². The van der Waals surface area contributed by atoms with Crippen molar-refractivity contribution in [2.45, 2.75) is 19.8 Å². The van der Waals surface area contributed by atoms with Crippen LogP contribution >= 0.6 is 15.9 Å². The van der Waals surface area contributed by atoms with Gasteiger partial charge in [-0.3, -0.25) is 0 Å². The second-order valence-corrected chi connectivity index (χ2v) is 5.38. The molecule has 1 aromatic heterocycles. The summed E-state index contributed by atoms with van der Waals surface area (Å²) in [5.41, 5.74) is 9.25. The molecule has 0 atom stereocenters. The highest BCUT2D eigenvalue weighted by molar-refractivity contribution is 9.10. The molecule has 0 aliphatic heterocycles. The molecule has 0 saturated carbocycles. The van der Waals surface area contributed by atoms with E-state index in [4.69, 9.17) is 5.73 Å². The minimum atomic E-state index is 0.640. The maximum Gasteiger partial charge on any atom is 0.110 e. The van der Waals surface area contributed by atoms with Crippen LogP contribution in [-0.2, 0) is 19.9 Å². The molecule has 96 valence electrons. The van der Waals surface area contributed by atoms with E-state index in [1.54, 1.807) is 0 Å². The first-order valence-corrected chi connectivity index (χ1v) is 6.86. The largest absolute Gasteiger partial charge is 0.334 e. The van der Waals surface area contributed by atoms with E-state index in [0.717, 1.165) is 28.8 Å². The van der Waals surface area contributed by atoms with Crippen LogP contribution in [-0.4, -0.2) is 16.1 Å². The molecule has 2 N–H and O–H groups in total. The summed E-state index contributed by atoms with van der Waals surface area (Å²) >= 11 is 3.50. The van der Waals surface area contributed by atoms with E-state index in [9.17, 15) is 0 Å². The lowest BCUT2D eigenvalue weighted by molar-refractivity contribution is 0.749. The quantitative estimate of drug-likeness (QED) is 0.943. The molecule has 2 aromatic rings. The van der Waals surface area contributed by atoms with Crippen molar-refractivity contribution in [1.29, 1.82) is 0 Å². The summed E-state index contributed by atoms with van der Waals surface area (Å²) in [6.45, 7) is 2.70. The van der Waals surface area contributed by atoms with Crippen LogP contribution < -0.4 is 5.73 Å². The first-order valence-electron chi connectivity index (χ1n) is 6.07. The lowest BCUT2D eigenvalue weighted by Gasteiger charge is -2.07. The Morgan fingerprint density at radius 3 is 2.83 bits per heavy atom. The van der Waals surface area contributed by atoms with Gasteiger partial charge in [0.15, 0.2) is 0 Å². The fourth-order valence-corrected chi connectivity index (χ4v) is 2.62. The number of halogens is 1. The highest BCUT2D eigenvalue weighted by atomic mass is 79.9. The van der Waals surface area contributed by atoms with Crippen molar-refractivity contribution in [3.05, 3.63) is 51.5 Å². The van der Waals surface area contributed by atoms with Gasteiger partial charge in [-0.15, -0.1) is 0 Å². The van der Waals surface area contributed by atoms with Crippen molar-refractivity contribution >= 4 is 15.9 Å². The fraction of sp³-hybridized carbons (Fsp3) is 0.357. The summed E-state index contributed by atoms with van der Waals surface area (Å²) < 4.78 is 3.28. The highest BCUT2D eigenvalue weighted by Gasteiger charge is 2.11. The number of aromatic nitrogens is 2. The molecule has 0 aliphatic carbocycles. The van der Waals surface area contributed by atoms with Gasteiger partial charge < -0.3 is 10.3 Å². The van der Waals surface area contributed by atoms with E-state index in [-0.39, 0.29) is 0 Å². The van der Waals surface area contributed by atoms with Gasteiger partial charge in [0.25, 0.3) is 0 Å². The van der Waals surface area contributed by atoms with Crippen molar-refractivity contribution < 1.29 is 0 Å². The van der Waals surface area contributed by atoms with Gasteiger partial charge in [0.1, 0.15) is 5.82 Å². The average Bonchev–Trinajstić information content (AvgIpc) is 2.58. The van der Waals surface area contributed by atoms with Gasteiger partial charge in [0.2, 0.25) is 0 Å². The summed E-state index contributed by atoms with van der Waals surface area (Å²) in [5, 5.41) is 0. The molecule has 0 unspecified atom stereocenters. The maximum atomic E-state index is 5.60. The number of hydrogen-bond acceptors (Lipinski definition) is 2. The Morgan fingerprint density at radius 1 is 1.39 bits per heavy atom. The monoisotopic (exact) mass is 307 g/mol. The lowest BCUT2D eigenvalue weighted by Crippen LogP contribution is -2.09. The zero-order chi connectivity index (χ0) is 13.1. The Morgan fingerprint density at radius 2 is 2.17 bits per heavy atom. The van der Waals surface area contributed by atoms with Gasteiger partial charge in [-0.1, -0.05) is 28.1 Å². The molecule has 0 aliphatic rings. The predicted molar refractivity (Wildman–Crippen MR) is 77.7 cm³/mol. The van der Waals surface area contributed by atoms with Crippen LogP contribution in [0.2, 0.25) is 0 Å². The zero-order valence-corrected chi connectivity index (χ0v) is 12.4. The molecule has 1 aromatic carbocycles. The molecule has 0 fully saturated rings. The molecular weight excluding hydrogens is 290 g/mol. The Kier molecular flexibility index (Phi) is 4.19. The lowest BCUT2D eigenvalue weighted by atomic mass is 10.1. The van der Waals surface area contributed by atoms with Crippen LogP contribution in [0.5, 0.6) is 0 Å². The molecule has 1 heterocycles.